The molecule has 0 amide bonds. The van der Waals surface area contributed by atoms with E-state index in [9.17, 15) is 0 Å². The zero-order chi connectivity index (χ0) is 26.6. The monoisotopic (exact) mass is 524 g/mol. The van der Waals surface area contributed by atoms with Gasteiger partial charge in [0, 0.05) is 0 Å². The molecule has 0 unspecified atom stereocenters. The summed E-state index contributed by atoms with van der Waals surface area (Å²) in [6.07, 6.45) is 2.54. The number of hydrogen-bond donors (Lipinski definition) is 2. The normalized spacial score (nSPS) is 4.03. The minimum atomic E-state index is 0.750. The molecular formula is C25H42BIN2O. The Balaban J connectivity index is -0.0000000245. The van der Waals surface area contributed by atoms with Crippen LogP contribution < -0.4 is 0 Å². The van der Waals surface area contributed by atoms with Gasteiger partial charge in [-0.1, -0.05) is 82.5 Å². The average Bonchev–Trinajstić information content (AvgIpc) is 2.77. The topological polar surface area (TPSA) is 57.0 Å². The van der Waals surface area contributed by atoms with Crippen molar-refractivity contribution in [2.75, 3.05) is 4.93 Å². The molecule has 30 heavy (non-hydrogen) atoms. The van der Waals surface area contributed by atoms with E-state index in [0.29, 0.717) is 0 Å². The van der Waals surface area contributed by atoms with Gasteiger partial charge in [-0.2, -0.15) is 0 Å². The number of halogens is 1. The van der Waals surface area contributed by atoms with Crippen LogP contribution in [0.2, 0.25) is 0 Å². The van der Waals surface area contributed by atoms with Crippen LogP contribution in [0.1, 0.15) is 19.4 Å². The Morgan fingerprint density at radius 2 is 1.13 bits per heavy atom. The van der Waals surface area contributed by atoms with Crippen molar-refractivity contribution in [1.29, 1.82) is 5.41 Å². The summed E-state index contributed by atoms with van der Waals surface area (Å²) in [5, 5.41) is 13.2. The summed E-state index contributed by atoms with van der Waals surface area (Å²) in [6, 6.07) is 1.97. The quantitative estimate of drug-likeness (QED) is 0.0895. The van der Waals surface area contributed by atoms with Gasteiger partial charge in [0.25, 0.3) is 0 Å². The Bertz CT molecular complexity index is 441. The first-order valence-electron chi connectivity index (χ1n) is 8.03. The fraction of sp³-hybridized carbons (Fsp3) is 0.160. The first-order chi connectivity index (χ1) is 14.5. The average molecular weight is 524 g/mol. The van der Waals surface area contributed by atoms with Gasteiger partial charge in [-0.05, 0) is 17.4 Å². The molecule has 1 rings (SSSR count). The number of hydrogen-bond acceptors (Lipinski definition) is 3. The van der Waals surface area contributed by atoms with E-state index in [1.54, 1.807) is 19.1 Å². The zero-order valence-corrected chi connectivity index (χ0v) is 21.8. The number of nitrogens with one attached hydrogen (secondary N) is 1. The second kappa shape index (κ2) is 161. The summed E-state index contributed by atoms with van der Waals surface area (Å²) in [5.74, 6) is 3.72. The van der Waals surface area contributed by atoms with Crippen molar-refractivity contribution < 1.29 is 5.11 Å². The molecule has 0 saturated heterocycles. The molecule has 1 aromatic heterocycles. The molecule has 0 aliphatic rings. The second-order valence-corrected chi connectivity index (χ2v) is 2.63. The van der Waals surface area contributed by atoms with Crippen LogP contribution >= 0.6 is 22.6 Å². The van der Waals surface area contributed by atoms with Crippen LogP contribution in [0.15, 0.2) is 121 Å². The molecule has 2 N–H and O–H groups in total. The van der Waals surface area contributed by atoms with Crippen molar-refractivity contribution in [2.24, 2.45) is 0 Å². The number of aromatic nitrogens is 1. The molecule has 5 heteroatoms. The third-order valence-electron chi connectivity index (χ3n) is 0.847. The maximum atomic E-state index is 7.33. The third-order valence-corrected chi connectivity index (χ3v) is 0.847. The van der Waals surface area contributed by atoms with E-state index >= 15 is 0 Å². The van der Waals surface area contributed by atoms with E-state index in [1.807, 2.05) is 37.7 Å². The molecule has 0 aromatic carbocycles. The maximum absolute atomic E-state index is 7.33. The van der Waals surface area contributed by atoms with Crippen LogP contribution in [0.25, 0.3) is 0 Å². The van der Waals surface area contributed by atoms with Crippen molar-refractivity contribution in [3.8, 4) is 0 Å². The summed E-state index contributed by atoms with van der Waals surface area (Å²) in [7, 11) is 1.79. The number of alkyl halides is 1. The molecular weight excluding hydrogens is 482 g/mol. The van der Waals surface area contributed by atoms with E-state index in [-0.39, 0.29) is 0 Å². The molecule has 0 radical (unpaired) electrons. The number of aliphatic hydroxyl groups excluding tert-OH is 1. The fourth-order valence-corrected chi connectivity index (χ4v) is 0.426. The SMILES string of the molecule is C=C.C=C.C=C=C.C=C=C.C=C=C.C=C=N.C=CO.CC.CI.Cc1cbncc1. The van der Waals surface area contributed by atoms with E-state index in [0.717, 1.165) is 6.26 Å². The molecule has 0 fully saturated rings. The van der Waals surface area contributed by atoms with E-state index < -0.39 is 0 Å². The standard InChI is InChI=1S/C5H6BN.3C3H4.C2H3N.C2H4O.C2H6.2C2H4.CH3I/c1-5-2-3-7-6-4-5;3*1-3-2;2*1-2-3;4*1-2/h2-4H,1H3;3*1-2H2;3H,1H2;2-3H,1H2;1-2H3;2*1-2H2;1H3. The van der Waals surface area contributed by atoms with Crippen LogP contribution in [-0.2, 0) is 0 Å². The van der Waals surface area contributed by atoms with E-state index in [4.69, 9.17) is 10.5 Å². The van der Waals surface area contributed by atoms with Gasteiger partial charge in [0.05, 0.1) is 6.26 Å². The molecule has 0 saturated carbocycles. The number of aliphatic hydroxyl groups is 1. The molecule has 0 bridgehead atoms. The van der Waals surface area contributed by atoms with E-state index in [2.05, 4.69) is 124 Å². The Kier molecular flexibility index (Phi) is 303. The van der Waals surface area contributed by atoms with Crippen LogP contribution in [0.3, 0.4) is 0 Å². The molecule has 1 aromatic rings. The van der Waals surface area contributed by atoms with Gasteiger partial charge in [-0.25, -0.2) is 0 Å². The van der Waals surface area contributed by atoms with Gasteiger partial charge >= 0.3 is 42.7 Å². The predicted molar refractivity (Wildman–Crippen MR) is 155 cm³/mol. The Hall–Kier alpha value is -2.90. The van der Waals surface area contributed by atoms with Gasteiger partial charge in [0.15, 0.2) is 0 Å². The van der Waals surface area contributed by atoms with Gasteiger partial charge in [-0.3, -0.25) is 5.41 Å². The van der Waals surface area contributed by atoms with Crippen LogP contribution in [0.5, 0.6) is 0 Å². The molecule has 0 aliphatic carbocycles. The van der Waals surface area contributed by atoms with Crippen molar-refractivity contribution in [2.45, 2.75) is 20.8 Å². The first-order valence-corrected chi connectivity index (χ1v) is 10.2. The van der Waals surface area contributed by atoms with Crippen molar-refractivity contribution in [3.05, 3.63) is 126 Å². The van der Waals surface area contributed by atoms with Crippen LogP contribution in [-0.4, -0.2) is 27.9 Å². The van der Waals surface area contributed by atoms with E-state index in [1.165, 1.54) is 5.56 Å². The second-order valence-electron chi connectivity index (χ2n) is 2.63. The summed E-state index contributed by atoms with van der Waals surface area (Å²) in [4.78, 5) is 5.82. The predicted octanol–water partition coefficient (Wildman–Crippen LogP) is 8.39. The van der Waals surface area contributed by atoms with Gasteiger partial charge in [-0.15, -0.1) is 43.5 Å². The molecule has 3 nitrogen and oxygen atoms in total. The number of aryl methyl sites for hydroxylation is 1. The van der Waals surface area contributed by atoms with Gasteiger partial charge < -0.3 is 5.11 Å². The first kappa shape index (κ1) is 56.4. The molecule has 168 valence electrons. The summed E-state index contributed by atoms with van der Waals surface area (Å²) < 4.78 is 0. The van der Waals surface area contributed by atoms with Crippen molar-refractivity contribution in [1.82, 2.24) is 4.89 Å². The van der Waals surface area contributed by atoms with Crippen LogP contribution in [0, 0.1) is 12.3 Å². The molecule has 0 spiro atoms. The molecule has 0 atom stereocenters. The Morgan fingerprint density at radius 3 is 1.20 bits per heavy atom. The van der Waals surface area contributed by atoms with Crippen molar-refractivity contribution in [3.63, 3.8) is 0 Å². The Labute approximate surface area is 202 Å². The zero-order valence-electron chi connectivity index (χ0n) is 19.6. The minimum absolute atomic E-state index is 0.750. The Morgan fingerprint density at radius 1 is 0.933 bits per heavy atom. The number of nitrogens with zero attached hydrogens (tertiary/aromatic N) is 1. The molecule has 0 aliphatic heterocycles. The number of rotatable bonds is 0. The molecule has 1 heterocycles. The van der Waals surface area contributed by atoms with Gasteiger partial charge in [0.2, 0.25) is 0 Å². The van der Waals surface area contributed by atoms with Gasteiger partial charge in [0.1, 0.15) is 0 Å². The summed E-state index contributed by atoms with van der Waals surface area (Å²) in [6.45, 7) is 42.6. The van der Waals surface area contributed by atoms with Crippen LogP contribution in [0.4, 0.5) is 0 Å². The fourth-order valence-electron chi connectivity index (χ4n) is 0.426. The summed E-state index contributed by atoms with van der Waals surface area (Å²) in [5.41, 5.74) is 8.01. The third kappa shape index (κ3) is 560. The summed E-state index contributed by atoms with van der Waals surface area (Å²) >= 11 is 2.15. The van der Waals surface area contributed by atoms with Crippen molar-refractivity contribution >= 4 is 35.5 Å².